The van der Waals surface area contributed by atoms with Gasteiger partial charge < -0.3 is 25.2 Å². The molecule has 66 valence electrons. The van der Waals surface area contributed by atoms with Crippen LogP contribution in [0, 0.1) is 0 Å². The molecule has 0 bridgehead atoms. The Morgan fingerprint density at radius 1 is 1.45 bits per heavy atom. The average Bonchev–Trinajstić information content (AvgIpc) is 2.17. The van der Waals surface area contributed by atoms with Gasteiger partial charge in [0.2, 0.25) is 5.79 Å². The van der Waals surface area contributed by atoms with Crippen LogP contribution in [0.25, 0.3) is 0 Å². The van der Waals surface area contributed by atoms with E-state index in [0.717, 1.165) is 0 Å². The summed E-state index contributed by atoms with van der Waals surface area (Å²) in [5, 5.41) is 36.0. The van der Waals surface area contributed by atoms with Crippen LogP contribution in [0.3, 0.4) is 0 Å². The van der Waals surface area contributed by atoms with E-state index in [-0.39, 0.29) is 0 Å². The summed E-state index contributed by atoms with van der Waals surface area (Å²) < 4.78 is 4.73. The third-order valence-corrected chi connectivity index (χ3v) is 1.88. The van der Waals surface area contributed by atoms with Crippen molar-refractivity contribution in [1.29, 1.82) is 0 Å². The second-order valence-electron chi connectivity index (χ2n) is 2.76. The molecule has 1 aliphatic rings. The lowest BCUT2D eigenvalue weighted by atomic mass is 10.1. The predicted molar refractivity (Wildman–Crippen MR) is 34.6 cm³/mol. The fraction of sp³-hybridized carbons (Fsp3) is 1.00. The maximum absolute atomic E-state index is 9.23. The van der Waals surface area contributed by atoms with E-state index < -0.39 is 30.7 Å². The molecule has 0 saturated carbocycles. The molecule has 11 heavy (non-hydrogen) atoms. The van der Waals surface area contributed by atoms with Crippen molar-refractivity contribution >= 4 is 0 Å². The van der Waals surface area contributed by atoms with Crippen molar-refractivity contribution in [2.24, 2.45) is 0 Å². The molecule has 5 heteroatoms. The van der Waals surface area contributed by atoms with Crippen LogP contribution in [0.2, 0.25) is 0 Å². The van der Waals surface area contributed by atoms with Crippen LogP contribution in [0.5, 0.6) is 0 Å². The van der Waals surface area contributed by atoms with Gasteiger partial charge in [0, 0.05) is 0 Å². The van der Waals surface area contributed by atoms with Gasteiger partial charge in [0.05, 0.1) is 12.7 Å². The first kappa shape index (κ1) is 8.89. The van der Waals surface area contributed by atoms with Crippen molar-refractivity contribution in [2.75, 3.05) is 6.61 Å². The molecule has 1 heterocycles. The first-order valence-electron chi connectivity index (χ1n) is 3.38. The number of rotatable bonds is 1. The van der Waals surface area contributed by atoms with Crippen LogP contribution in [0.15, 0.2) is 0 Å². The quantitative estimate of drug-likeness (QED) is 0.353. The smallest absolute Gasteiger partial charge is 0.219 e. The predicted octanol–water partition coefficient (Wildman–Crippen LogP) is -2.19. The normalized spacial score (nSPS) is 51.5. The summed E-state index contributed by atoms with van der Waals surface area (Å²) in [7, 11) is 0. The van der Waals surface area contributed by atoms with E-state index in [1.54, 1.807) is 0 Å². The summed E-state index contributed by atoms with van der Waals surface area (Å²) in [6, 6.07) is 0. The van der Waals surface area contributed by atoms with E-state index in [0.29, 0.717) is 0 Å². The van der Waals surface area contributed by atoms with Gasteiger partial charge in [0.25, 0.3) is 0 Å². The molecule has 1 aliphatic heterocycles. The molecule has 4 atom stereocenters. The molecule has 1 unspecified atom stereocenters. The lowest BCUT2D eigenvalue weighted by Gasteiger charge is -2.22. The molecular formula is C6H12O5. The van der Waals surface area contributed by atoms with Crippen LogP contribution in [0.1, 0.15) is 6.92 Å². The summed E-state index contributed by atoms with van der Waals surface area (Å²) in [6.07, 6.45) is -3.25. The molecule has 1 rings (SSSR count). The monoisotopic (exact) mass is 164 g/mol. The van der Waals surface area contributed by atoms with Crippen molar-refractivity contribution in [1.82, 2.24) is 0 Å². The molecule has 0 aromatic heterocycles. The molecule has 0 aromatic rings. The average molecular weight is 164 g/mol. The van der Waals surface area contributed by atoms with Crippen LogP contribution in [0.4, 0.5) is 0 Å². The fourth-order valence-corrected chi connectivity index (χ4v) is 1.12. The van der Waals surface area contributed by atoms with Gasteiger partial charge >= 0.3 is 0 Å². The molecule has 4 N–H and O–H groups in total. The van der Waals surface area contributed by atoms with E-state index in [4.69, 9.17) is 20.1 Å². The fourth-order valence-electron chi connectivity index (χ4n) is 1.12. The van der Waals surface area contributed by atoms with Gasteiger partial charge in [-0.1, -0.05) is 0 Å². The Balaban J connectivity index is 2.73. The SMILES string of the molecule is C[C@H]1OC(O)(CO)[C@@H](O)[C@H]1O. The molecule has 0 spiro atoms. The number of hydrogen-bond acceptors (Lipinski definition) is 5. The Kier molecular flexibility index (Phi) is 2.17. The maximum atomic E-state index is 9.23. The highest BCUT2D eigenvalue weighted by Crippen LogP contribution is 2.28. The largest absolute Gasteiger partial charge is 0.391 e. The summed E-state index contributed by atoms with van der Waals surface area (Å²) in [5.74, 6) is -2.00. The molecule has 1 fully saturated rings. The highest BCUT2D eigenvalue weighted by molar-refractivity contribution is 4.93. The molecule has 5 nitrogen and oxygen atoms in total. The van der Waals surface area contributed by atoms with Crippen LogP contribution >= 0.6 is 0 Å². The molecule has 1 saturated heterocycles. The van der Waals surface area contributed by atoms with Crippen molar-refractivity contribution in [3.8, 4) is 0 Å². The van der Waals surface area contributed by atoms with Gasteiger partial charge in [-0.15, -0.1) is 0 Å². The van der Waals surface area contributed by atoms with E-state index in [9.17, 15) is 5.11 Å². The van der Waals surface area contributed by atoms with Crippen molar-refractivity contribution in [3.05, 3.63) is 0 Å². The topological polar surface area (TPSA) is 90.2 Å². The number of aliphatic hydroxyl groups is 4. The van der Waals surface area contributed by atoms with Crippen molar-refractivity contribution < 1.29 is 25.2 Å². The zero-order chi connectivity index (χ0) is 8.65. The standard InChI is InChI=1S/C6H12O5/c1-3-4(8)5(9)6(10,2-7)11-3/h3-5,7-10H,2H2,1H3/t3-,4+,5+,6?/m1/s1. The van der Waals surface area contributed by atoms with Gasteiger partial charge in [-0.2, -0.15) is 0 Å². The number of hydrogen-bond donors (Lipinski definition) is 4. The summed E-state index contributed by atoms with van der Waals surface area (Å²) in [5.41, 5.74) is 0. The van der Waals surface area contributed by atoms with E-state index in [2.05, 4.69) is 0 Å². The molecule has 0 amide bonds. The van der Waals surface area contributed by atoms with Gasteiger partial charge in [0.15, 0.2) is 0 Å². The third kappa shape index (κ3) is 1.25. The highest BCUT2D eigenvalue weighted by Gasteiger charge is 2.51. The van der Waals surface area contributed by atoms with Crippen LogP contribution in [-0.2, 0) is 4.74 Å². The van der Waals surface area contributed by atoms with Crippen LogP contribution < -0.4 is 0 Å². The minimum atomic E-state index is -2.00. The van der Waals surface area contributed by atoms with Crippen molar-refractivity contribution in [2.45, 2.75) is 31.0 Å². The van der Waals surface area contributed by atoms with Gasteiger partial charge in [-0.25, -0.2) is 0 Å². The van der Waals surface area contributed by atoms with Crippen molar-refractivity contribution in [3.63, 3.8) is 0 Å². The highest BCUT2D eigenvalue weighted by atomic mass is 16.7. The Bertz CT molecular complexity index is 150. The van der Waals surface area contributed by atoms with E-state index in [1.165, 1.54) is 6.92 Å². The minimum Gasteiger partial charge on any atom is -0.391 e. The van der Waals surface area contributed by atoms with E-state index >= 15 is 0 Å². The van der Waals surface area contributed by atoms with Gasteiger partial charge in [-0.3, -0.25) is 0 Å². The lowest BCUT2D eigenvalue weighted by Crippen LogP contribution is -2.46. The number of ether oxygens (including phenoxy) is 1. The van der Waals surface area contributed by atoms with Gasteiger partial charge in [0.1, 0.15) is 12.2 Å². The Morgan fingerprint density at radius 2 is 2.00 bits per heavy atom. The van der Waals surface area contributed by atoms with Crippen LogP contribution in [-0.4, -0.2) is 51.1 Å². The lowest BCUT2D eigenvalue weighted by molar-refractivity contribution is -0.243. The second-order valence-corrected chi connectivity index (χ2v) is 2.76. The Morgan fingerprint density at radius 3 is 2.18 bits per heavy atom. The molecule has 0 radical (unpaired) electrons. The summed E-state index contributed by atoms with van der Waals surface area (Å²) in [4.78, 5) is 0. The second kappa shape index (κ2) is 2.69. The Labute approximate surface area is 63.8 Å². The summed E-state index contributed by atoms with van der Waals surface area (Å²) >= 11 is 0. The minimum absolute atomic E-state index is 0.665. The van der Waals surface area contributed by atoms with Gasteiger partial charge in [-0.05, 0) is 6.92 Å². The zero-order valence-corrected chi connectivity index (χ0v) is 6.14. The molecule has 0 aromatic carbocycles. The Hall–Kier alpha value is -0.200. The van der Waals surface area contributed by atoms with E-state index in [1.807, 2.05) is 0 Å². The molecular weight excluding hydrogens is 152 g/mol. The molecule has 0 aliphatic carbocycles. The maximum Gasteiger partial charge on any atom is 0.219 e. The number of aliphatic hydroxyl groups excluding tert-OH is 3. The zero-order valence-electron chi connectivity index (χ0n) is 6.14. The third-order valence-electron chi connectivity index (χ3n) is 1.88. The first-order valence-corrected chi connectivity index (χ1v) is 3.38. The first-order chi connectivity index (χ1) is 5.01. The summed E-state index contributed by atoms with van der Waals surface area (Å²) in [6.45, 7) is 0.775.